The zero-order chi connectivity index (χ0) is 10.6. The lowest BCUT2D eigenvalue weighted by Crippen LogP contribution is -2.32. The maximum Gasteiger partial charge on any atom is 0.234 e. The molecule has 0 saturated heterocycles. The highest BCUT2D eigenvalue weighted by Gasteiger charge is 2.09. The second kappa shape index (κ2) is 4.77. The van der Waals surface area contributed by atoms with Crippen molar-refractivity contribution < 1.29 is 4.79 Å². The molecule has 0 aliphatic heterocycles. The van der Waals surface area contributed by atoms with Crippen LogP contribution in [-0.2, 0) is 4.79 Å². The standard InChI is InChI=1S/C11H16N2O/c1-8-5-3-4-6-10(8)9(2)13-11(14)7-12/h3-6,9H,7,12H2,1-2H3,(H,13,14). The predicted molar refractivity (Wildman–Crippen MR) is 56.8 cm³/mol. The SMILES string of the molecule is Cc1ccccc1C(C)NC(=O)CN. The van der Waals surface area contributed by atoms with E-state index in [9.17, 15) is 4.79 Å². The van der Waals surface area contributed by atoms with E-state index in [4.69, 9.17) is 5.73 Å². The van der Waals surface area contributed by atoms with E-state index in [-0.39, 0.29) is 18.5 Å². The Balaban J connectivity index is 2.74. The average molecular weight is 192 g/mol. The van der Waals surface area contributed by atoms with Gasteiger partial charge in [-0.1, -0.05) is 24.3 Å². The molecule has 0 aromatic heterocycles. The van der Waals surface area contributed by atoms with Gasteiger partial charge < -0.3 is 11.1 Å². The van der Waals surface area contributed by atoms with E-state index in [1.807, 2.05) is 38.1 Å². The molecule has 3 nitrogen and oxygen atoms in total. The minimum atomic E-state index is -0.124. The molecule has 0 saturated carbocycles. The van der Waals surface area contributed by atoms with E-state index in [0.29, 0.717) is 0 Å². The quantitative estimate of drug-likeness (QED) is 0.754. The van der Waals surface area contributed by atoms with Gasteiger partial charge in [0.1, 0.15) is 0 Å². The second-order valence-corrected chi connectivity index (χ2v) is 3.35. The molecule has 1 aromatic carbocycles. The summed E-state index contributed by atoms with van der Waals surface area (Å²) in [6.07, 6.45) is 0. The molecule has 1 rings (SSSR count). The minimum absolute atomic E-state index is 0.0206. The van der Waals surface area contributed by atoms with Crippen LogP contribution in [0.15, 0.2) is 24.3 Å². The number of benzene rings is 1. The summed E-state index contributed by atoms with van der Waals surface area (Å²) >= 11 is 0. The molecule has 3 N–H and O–H groups in total. The zero-order valence-electron chi connectivity index (χ0n) is 8.58. The molecule has 0 spiro atoms. The molecule has 3 heteroatoms. The fourth-order valence-electron chi connectivity index (χ4n) is 1.45. The maximum absolute atomic E-state index is 11.1. The van der Waals surface area contributed by atoms with Crippen LogP contribution in [0.1, 0.15) is 24.1 Å². The number of hydrogen-bond acceptors (Lipinski definition) is 2. The van der Waals surface area contributed by atoms with Gasteiger partial charge in [0.05, 0.1) is 12.6 Å². The molecular weight excluding hydrogens is 176 g/mol. The van der Waals surface area contributed by atoms with Crippen molar-refractivity contribution in [1.29, 1.82) is 0 Å². The van der Waals surface area contributed by atoms with Crippen LogP contribution in [0.3, 0.4) is 0 Å². The minimum Gasteiger partial charge on any atom is -0.348 e. The first-order valence-corrected chi connectivity index (χ1v) is 4.70. The van der Waals surface area contributed by atoms with Gasteiger partial charge in [0.15, 0.2) is 0 Å². The van der Waals surface area contributed by atoms with Crippen LogP contribution < -0.4 is 11.1 Å². The highest BCUT2D eigenvalue weighted by Crippen LogP contribution is 2.16. The highest BCUT2D eigenvalue weighted by atomic mass is 16.1. The first kappa shape index (κ1) is 10.7. The average Bonchev–Trinajstić information content (AvgIpc) is 2.18. The van der Waals surface area contributed by atoms with Crippen molar-refractivity contribution in [2.75, 3.05) is 6.54 Å². The van der Waals surface area contributed by atoms with Gasteiger partial charge in [-0.05, 0) is 25.0 Å². The van der Waals surface area contributed by atoms with Crippen molar-refractivity contribution in [3.05, 3.63) is 35.4 Å². The van der Waals surface area contributed by atoms with Gasteiger partial charge in [0, 0.05) is 0 Å². The zero-order valence-corrected chi connectivity index (χ0v) is 8.58. The van der Waals surface area contributed by atoms with E-state index in [0.717, 1.165) is 5.56 Å². The van der Waals surface area contributed by atoms with E-state index in [1.54, 1.807) is 0 Å². The normalized spacial score (nSPS) is 12.2. The van der Waals surface area contributed by atoms with Gasteiger partial charge in [-0.2, -0.15) is 0 Å². The number of rotatable bonds is 3. The summed E-state index contributed by atoms with van der Waals surface area (Å²) in [7, 11) is 0. The van der Waals surface area contributed by atoms with Gasteiger partial charge in [-0.25, -0.2) is 0 Å². The van der Waals surface area contributed by atoms with Crippen molar-refractivity contribution in [3.63, 3.8) is 0 Å². The first-order chi connectivity index (χ1) is 6.65. The van der Waals surface area contributed by atoms with Crippen molar-refractivity contribution in [3.8, 4) is 0 Å². The number of nitrogens with one attached hydrogen (secondary N) is 1. The number of amides is 1. The van der Waals surface area contributed by atoms with Crippen LogP contribution >= 0.6 is 0 Å². The summed E-state index contributed by atoms with van der Waals surface area (Å²) in [6, 6.07) is 8.01. The molecule has 0 heterocycles. The lowest BCUT2D eigenvalue weighted by Gasteiger charge is -2.15. The number of carbonyl (C=O) groups is 1. The molecule has 76 valence electrons. The number of nitrogens with two attached hydrogens (primary N) is 1. The molecule has 1 aromatic rings. The van der Waals surface area contributed by atoms with Crippen LogP contribution in [-0.4, -0.2) is 12.5 Å². The fourth-order valence-corrected chi connectivity index (χ4v) is 1.45. The summed E-state index contributed by atoms with van der Waals surface area (Å²) < 4.78 is 0. The van der Waals surface area contributed by atoms with Crippen LogP contribution in [0.5, 0.6) is 0 Å². The third kappa shape index (κ3) is 2.57. The lowest BCUT2D eigenvalue weighted by atomic mass is 10.0. The van der Waals surface area contributed by atoms with Crippen molar-refractivity contribution in [2.24, 2.45) is 5.73 Å². The Labute approximate surface area is 84.3 Å². The van der Waals surface area contributed by atoms with Crippen LogP contribution in [0.25, 0.3) is 0 Å². The van der Waals surface area contributed by atoms with Gasteiger partial charge >= 0.3 is 0 Å². The Morgan fingerprint density at radius 3 is 2.71 bits per heavy atom. The molecule has 0 radical (unpaired) electrons. The highest BCUT2D eigenvalue weighted by molar-refractivity contribution is 5.78. The molecule has 1 amide bonds. The van der Waals surface area contributed by atoms with E-state index in [2.05, 4.69) is 5.32 Å². The topological polar surface area (TPSA) is 55.1 Å². The smallest absolute Gasteiger partial charge is 0.234 e. The molecule has 1 atom stereocenters. The number of hydrogen-bond donors (Lipinski definition) is 2. The van der Waals surface area contributed by atoms with Crippen molar-refractivity contribution in [2.45, 2.75) is 19.9 Å². The Kier molecular flexibility index (Phi) is 3.65. The summed E-state index contributed by atoms with van der Waals surface area (Å²) in [4.78, 5) is 11.1. The van der Waals surface area contributed by atoms with Crippen LogP contribution in [0, 0.1) is 6.92 Å². The third-order valence-corrected chi connectivity index (χ3v) is 2.22. The molecular formula is C11H16N2O. The monoisotopic (exact) mass is 192 g/mol. The van der Waals surface area contributed by atoms with Crippen molar-refractivity contribution >= 4 is 5.91 Å². The molecule has 0 aliphatic carbocycles. The number of aryl methyl sites for hydroxylation is 1. The number of carbonyl (C=O) groups excluding carboxylic acids is 1. The van der Waals surface area contributed by atoms with Gasteiger partial charge in [-0.15, -0.1) is 0 Å². The Hall–Kier alpha value is -1.35. The maximum atomic E-state index is 11.1. The molecule has 0 aliphatic rings. The Morgan fingerprint density at radius 1 is 1.50 bits per heavy atom. The van der Waals surface area contributed by atoms with Gasteiger partial charge in [0.25, 0.3) is 0 Å². The van der Waals surface area contributed by atoms with E-state index >= 15 is 0 Å². The summed E-state index contributed by atoms with van der Waals surface area (Å²) in [5.74, 6) is -0.124. The summed E-state index contributed by atoms with van der Waals surface area (Å²) in [5, 5.41) is 2.82. The van der Waals surface area contributed by atoms with Crippen LogP contribution in [0.4, 0.5) is 0 Å². The second-order valence-electron chi connectivity index (χ2n) is 3.35. The largest absolute Gasteiger partial charge is 0.348 e. The van der Waals surface area contributed by atoms with Gasteiger partial charge in [-0.3, -0.25) is 4.79 Å². The van der Waals surface area contributed by atoms with E-state index < -0.39 is 0 Å². The molecule has 14 heavy (non-hydrogen) atoms. The summed E-state index contributed by atoms with van der Waals surface area (Å²) in [6.45, 7) is 4.02. The Morgan fingerprint density at radius 2 is 2.14 bits per heavy atom. The molecule has 0 fully saturated rings. The first-order valence-electron chi connectivity index (χ1n) is 4.70. The van der Waals surface area contributed by atoms with Gasteiger partial charge in [0.2, 0.25) is 5.91 Å². The Bertz CT molecular complexity index is 323. The summed E-state index contributed by atoms with van der Waals surface area (Å²) in [5.41, 5.74) is 7.54. The van der Waals surface area contributed by atoms with E-state index in [1.165, 1.54) is 5.56 Å². The van der Waals surface area contributed by atoms with Crippen molar-refractivity contribution in [1.82, 2.24) is 5.32 Å². The third-order valence-electron chi connectivity index (χ3n) is 2.22. The fraction of sp³-hybridized carbons (Fsp3) is 0.364. The molecule has 0 bridgehead atoms. The molecule has 1 unspecified atom stereocenters. The lowest BCUT2D eigenvalue weighted by molar-refractivity contribution is -0.120. The van der Waals surface area contributed by atoms with Crippen LogP contribution in [0.2, 0.25) is 0 Å². The predicted octanol–water partition coefficient (Wildman–Crippen LogP) is 1.13.